The molecule has 0 aromatic heterocycles. The van der Waals surface area contributed by atoms with Crippen molar-refractivity contribution in [2.75, 3.05) is 45.3 Å². The number of carbonyl (C=O) groups excluding carboxylic acids is 2. The van der Waals surface area contributed by atoms with Crippen molar-refractivity contribution in [2.45, 2.75) is 25.8 Å². The van der Waals surface area contributed by atoms with Crippen molar-refractivity contribution >= 4 is 17.5 Å². The molecule has 0 radical (unpaired) electrons. The van der Waals surface area contributed by atoms with E-state index in [1.807, 2.05) is 0 Å². The Morgan fingerprint density at radius 2 is 2.08 bits per heavy atom. The number of rotatable bonds is 4. The summed E-state index contributed by atoms with van der Waals surface area (Å²) in [5.74, 6) is 0.447. The van der Waals surface area contributed by atoms with E-state index in [-0.39, 0.29) is 17.7 Å². The third-order valence-corrected chi connectivity index (χ3v) is 5.00. The van der Waals surface area contributed by atoms with E-state index >= 15 is 0 Å². The molecule has 0 saturated carbocycles. The van der Waals surface area contributed by atoms with Gasteiger partial charge in [-0.25, -0.2) is 0 Å². The lowest BCUT2D eigenvalue weighted by Gasteiger charge is -2.28. The molecule has 142 valence electrons. The minimum Gasteiger partial charge on any atom is -0.495 e. The van der Waals surface area contributed by atoms with Crippen molar-refractivity contribution in [1.29, 1.82) is 0 Å². The first-order valence-corrected chi connectivity index (χ1v) is 9.18. The van der Waals surface area contributed by atoms with Crippen molar-refractivity contribution in [2.24, 2.45) is 5.92 Å². The van der Waals surface area contributed by atoms with Crippen molar-refractivity contribution in [3.63, 3.8) is 0 Å². The fraction of sp³-hybridized carbons (Fsp3) is 0.579. The van der Waals surface area contributed by atoms with Crippen molar-refractivity contribution < 1.29 is 19.1 Å². The number of amides is 2. The van der Waals surface area contributed by atoms with Crippen molar-refractivity contribution in [1.82, 2.24) is 10.2 Å². The molecule has 7 nitrogen and oxygen atoms in total. The maximum absolute atomic E-state index is 12.7. The molecular weight excluding hydrogens is 334 g/mol. The molecule has 2 aliphatic heterocycles. The van der Waals surface area contributed by atoms with Gasteiger partial charge in [0.1, 0.15) is 5.75 Å². The number of hydrogen-bond donors (Lipinski definition) is 2. The van der Waals surface area contributed by atoms with Crippen LogP contribution in [0.2, 0.25) is 0 Å². The van der Waals surface area contributed by atoms with Crippen LogP contribution in [0.15, 0.2) is 18.2 Å². The molecule has 1 aromatic carbocycles. The lowest BCUT2D eigenvalue weighted by Crippen LogP contribution is -2.41. The second-order valence-electron chi connectivity index (χ2n) is 6.89. The van der Waals surface area contributed by atoms with Crippen LogP contribution in [0.3, 0.4) is 0 Å². The summed E-state index contributed by atoms with van der Waals surface area (Å²) in [6, 6.07) is 5.50. The number of nitrogens with one attached hydrogen (secondary N) is 2. The van der Waals surface area contributed by atoms with E-state index in [0.717, 1.165) is 19.4 Å². The summed E-state index contributed by atoms with van der Waals surface area (Å²) < 4.78 is 10.7. The van der Waals surface area contributed by atoms with Gasteiger partial charge in [-0.15, -0.1) is 0 Å². The monoisotopic (exact) mass is 361 g/mol. The smallest absolute Gasteiger partial charge is 0.254 e. The minimum absolute atomic E-state index is 0.0207. The van der Waals surface area contributed by atoms with Crippen LogP contribution in [-0.2, 0) is 9.53 Å². The highest BCUT2D eigenvalue weighted by Crippen LogP contribution is 2.28. The second kappa shape index (κ2) is 8.51. The van der Waals surface area contributed by atoms with Gasteiger partial charge in [0.2, 0.25) is 5.91 Å². The normalized spacial score (nSPS) is 23.4. The van der Waals surface area contributed by atoms with E-state index in [1.54, 1.807) is 30.2 Å². The number of nitrogens with zero attached hydrogens (tertiary/aromatic N) is 1. The molecule has 2 saturated heterocycles. The maximum atomic E-state index is 12.7. The largest absolute Gasteiger partial charge is 0.495 e. The summed E-state index contributed by atoms with van der Waals surface area (Å²) in [6.07, 6.45) is 1.62. The molecule has 26 heavy (non-hydrogen) atoms. The predicted molar refractivity (Wildman–Crippen MR) is 98.5 cm³/mol. The summed E-state index contributed by atoms with van der Waals surface area (Å²) in [5, 5.41) is 6.31. The van der Waals surface area contributed by atoms with Crippen LogP contribution >= 0.6 is 0 Å². The van der Waals surface area contributed by atoms with E-state index in [4.69, 9.17) is 9.47 Å². The third-order valence-electron chi connectivity index (χ3n) is 5.00. The average molecular weight is 361 g/mol. The molecule has 0 bridgehead atoms. The number of hydrogen-bond acceptors (Lipinski definition) is 5. The standard InChI is InChI=1S/C19H27N3O4/c1-13-11-14(5-6-20-13)18(23)21-16-12-15(3-4-17(16)25-2)19(24)22-7-9-26-10-8-22/h3-4,12-14,20H,5-11H2,1-2H3,(H,21,23)/t13-,14-/m0/s1. The zero-order chi connectivity index (χ0) is 18.5. The molecule has 2 fully saturated rings. The van der Waals surface area contributed by atoms with Crippen LogP contribution in [0.4, 0.5) is 5.69 Å². The summed E-state index contributed by atoms with van der Waals surface area (Å²) in [5.41, 5.74) is 1.09. The average Bonchev–Trinajstić information content (AvgIpc) is 2.68. The molecule has 2 aliphatic rings. The summed E-state index contributed by atoms with van der Waals surface area (Å²) in [7, 11) is 1.56. The number of ether oxygens (including phenoxy) is 2. The van der Waals surface area contributed by atoms with Gasteiger partial charge in [-0.1, -0.05) is 0 Å². The number of carbonyl (C=O) groups is 2. The van der Waals surface area contributed by atoms with E-state index in [1.165, 1.54) is 0 Å². The number of morpholine rings is 1. The Bertz CT molecular complexity index is 658. The molecule has 3 rings (SSSR count). The van der Waals surface area contributed by atoms with Crippen molar-refractivity contribution in [3.05, 3.63) is 23.8 Å². The maximum Gasteiger partial charge on any atom is 0.254 e. The fourth-order valence-corrected chi connectivity index (χ4v) is 3.49. The van der Waals surface area contributed by atoms with Gasteiger partial charge < -0.3 is 25.0 Å². The van der Waals surface area contributed by atoms with Gasteiger partial charge in [0, 0.05) is 30.6 Å². The van der Waals surface area contributed by atoms with Crippen LogP contribution in [-0.4, -0.2) is 62.7 Å². The Morgan fingerprint density at radius 3 is 2.77 bits per heavy atom. The first-order valence-electron chi connectivity index (χ1n) is 9.18. The van der Waals surface area contributed by atoms with Gasteiger partial charge >= 0.3 is 0 Å². The van der Waals surface area contributed by atoms with Crippen LogP contribution in [0, 0.1) is 5.92 Å². The first-order chi connectivity index (χ1) is 12.6. The molecule has 0 aliphatic carbocycles. The fourth-order valence-electron chi connectivity index (χ4n) is 3.49. The van der Waals surface area contributed by atoms with Crippen LogP contribution in [0.25, 0.3) is 0 Å². The molecule has 0 spiro atoms. The van der Waals surface area contributed by atoms with E-state index < -0.39 is 0 Å². The highest BCUT2D eigenvalue weighted by atomic mass is 16.5. The quantitative estimate of drug-likeness (QED) is 0.849. The van der Waals surface area contributed by atoms with Crippen LogP contribution in [0.5, 0.6) is 5.75 Å². The molecule has 0 unspecified atom stereocenters. The zero-order valence-electron chi connectivity index (χ0n) is 15.4. The van der Waals surface area contributed by atoms with E-state index in [0.29, 0.717) is 49.3 Å². The molecule has 1 aromatic rings. The molecule has 2 atom stereocenters. The molecular formula is C19H27N3O4. The summed E-state index contributed by atoms with van der Waals surface area (Å²) in [4.78, 5) is 27.1. The zero-order valence-corrected chi connectivity index (χ0v) is 15.4. The SMILES string of the molecule is COc1ccc(C(=O)N2CCOCC2)cc1NC(=O)[C@H]1CCN[C@@H](C)C1. The highest BCUT2D eigenvalue weighted by Gasteiger charge is 2.26. The van der Waals surface area contributed by atoms with Gasteiger partial charge in [0.25, 0.3) is 5.91 Å². The Labute approximate surface area is 154 Å². The van der Waals surface area contributed by atoms with Crippen molar-refractivity contribution in [3.8, 4) is 5.75 Å². The van der Waals surface area contributed by atoms with Gasteiger partial charge in [0.05, 0.1) is 26.0 Å². The Morgan fingerprint density at radius 1 is 1.31 bits per heavy atom. The molecule has 2 N–H and O–H groups in total. The molecule has 7 heteroatoms. The van der Waals surface area contributed by atoms with Crippen LogP contribution < -0.4 is 15.4 Å². The van der Waals surface area contributed by atoms with Gasteiger partial charge in [0.15, 0.2) is 0 Å². The number of piperidine rings is 1. The molecule has 2 heterocycles. The minimum atomic E-state index is -0.0538. The lowest BCUT2D eigenvalue weighted by molar-refractivity contribution is -0.120. The first kappa shape index (κ1) is 18.7. The van der Waals surface area contributed by atoms with E-state index in [9.17, 15) is 9.59 Å². The summed E-state index contributed by atoms with van der Waals surface area (Å²) >= 11 is 0. The van der Waals surface area contributed by atoms with Crippen LogP contribution in [0.1, 0.15) is 30.1 Å². The third kappa shape index (κ3) is 4.34. The number of methoxy groups -OCH3 is 1. The lowest BCUT2D eigenvalue weighted by atomic mass is 9.92. The predicted octanol–water partition coefficient (Wildman–Crippen LogP) is 1.49. The Balaban J connectivity index is 1.74. The number of anilines is 1. The summed E-state index contributed by atoms with van der Waals surface area (Å²) in [6.45, 7) is 5.20. The second-order valence-corrected chi connectivity index (χ2v) is 6.89. The van der Waals surface area contributed by atoms with E-state index in [2.05, 4.69) is 17.6 Å². The van der Waals surface area contributed by atoms with Gasteiger partial charge in [-0.3, -0.25) is 9.59 Å². The van der Waals surface area contributed by atoms with Gasteiger partial charge in [-0.05, 0) is 44.5 Å². The Kier molecular flexibility index (Phi) is 6.11. The Hall–Kier alpha value is -2.12. The highest BCUT2D eigenvalue weighted by molar-refractivity contribution is 5.99. The van der Waals surface area contributed by atoms with Gasteiger partial charge in [-0.2, -0.15) is 0 Å². The number of benzene rings is 1. The molecule has 2 amide bonds. The topological polar surface area (TPSA) is 79.9 Å².